The van der Waals surface area contributed by atoms with Gasteiger partial charge in [-0.2, -0.15) is 0 Å². The monoisotopic (exact) mass is 238 g/mol. The second-order valence-corrected chi connectivity index (χ2v) is 5.20. The van der Waals surface area contributed by atoms with Crippen LogP contribution < -0.4 is 0 Å². The Hall–Kier alpha value is -0.830. The largest absolute Gasteiger partial charge is 0.469 e. The van der Waals surface area contributed by atoms with Gasteiger partial charge in [0.1, 0.15) is 5.76 Å². The number of hydrogen-bond acceptors (Lipinski definition) is 3. The summed E-state index contributed by atoms with van der Waals surface area (Å²) in [5.74, 6) is 1.18. The number of allylic oxidation sites excluding steroid dienone is 2. The zero-order valence-electron chi connectivity index (χ0n) is 11.0. The molecule has 1 heterocycles. The van der Waals surface area contributed by atoms with Crippen LogP contribution in [0.5, 0.6) is 0 Å². The van der Waals surface area contributed by atoms with Crippen LogP contribution in [-0.2, 0) is 14.3 Å². The molecule has 3 nitrogen and oxygen atoms in total. The minimum Gasteiger partial charge on any atom is -0.469 e. The first-order valence-corrected chi connectivity index (χ1v) is 6.66. The molecule has 0 radical (unpaired) electrons. The average molecular weight is 238 g/mol. The summed E-state index contributed by atoms with van der Waals surface area (Å²) in [5.41, 5.74) is 0.882. The van der Waals surface area contributed by atoms with Crippen molar-refractivity contribution in [2.24, 2.45) is 5.41 Å². The third-order valence-corrected chi connectivity index (χ3v) is 3.99. The van der Waals surface area contributed by atoms with Gasteiger partial charge in [0.15, 0.2) is 12.1 Å². The van der Waals surface area contributed by atoms with E-state index in [1.807, 2.05) is 6.92 Å². The third-order valence-electron chi connectivity index (χ3n) is 3.99. The quantitative estimate of drug-likeness (QED) is 0.757. The van der Waals surface area contributed by atoms with Crippen LogP contribution in [0, 0.1) is 5.41 Å². The first-order valence-electron chi connectivity index (χ1n) is 6.66. The molecular formula is C14H22O3. The van der Waals surface area contributed by atoms with Crippen molar-refractivity contribution in [1.29, 1.82) is 0 Å². The first-order chi connectivity index (χ1) is 8.10. The summed E-state index contributed by atoms with van der Waals surface area (Å²) in [6, 6.07) is 0. The summed E-state index contributed by atoms with van der Waals surface area (Å²) in [5, 5.41) is 0. The fraction of sp³-hybridized carbons (Fsp3) is 0.786. The number of rotatable bonds is 3. The molecule has 0 saturated carbocycles. The number of Topliss-reactive ketones (excluding diaryl/α,β-unsaturated/α-hetero) is 1. The van der Waals surface area contributed by atoms with Gasteiger partial charge in [-0.05, 0) is 19.8 Å². The Balaban J connectivity index is 2.33. The molecule has 1 aliphatic heterocycles. The van der Waals surface area contributed by atoms with Crippen molar-refractivity contribution in [3.05, 3.63) is 11.3 Å². The first kappa shape index (κ1) is 12.6. The van der Waals surface area contributed by atoms with E-state index in [1.54, 1.807) is 0 Å². The standard InChI is InChI=1S/C14H22O3/c1-4-14(3)9-12(16-5-2)17-11-8-6-7-10(15)13(11)14/h12H,4-9H2,1-3H3. The number of carbonyl (C=O) groups is 1. The molecule has 2 unspecified atom stereocenters. The van der Waals surface area contributed by atoms with Crippen molar-refractivity contribution >= 4 is 5.78 Å². The predicted molar refractivity (Wildman–Crippen MR) is 65.4 cm³/mol. The molecule has 2 aliphatic rings. The van der Waals surface area contributed by atoms with Crippen LogP contribution in [0.15, 0.2) is 11.3 Å². The van der Waals surface area contributed by atoms with Gasteiger partial charge >= 0.3 is 0 Å². The normalized spacial score (nSPS) is 33.4. The summed E-state index contributed by atoms with van der Waals surface area (Å²) in [6.45, 7) is 6.94. The van der Waals surface area contributed by atoms with Crippen LogP contribution in [0.2, 0.25) is 0 Å². The molecule has 0 bridgehead atoms. The summed E-state index contributed by atoms with van der Waals surface area (Å²) in [7, 11) is 0. The summed E-state index contributed by atoms with van der Waals surface area (Å²) >= 11 is 0. The SMILES string of the molecule is CCOC1CC(C)(CC)C2=C(CCCC2=O)O1. The van der Waals surface area contributed by atoms with Gasteiger partial charge in [-0.15, -0.1) is 0 Å². The molecule has 2 rings (SSSR count). The predicted octanol–water partition coefficient (Wildman–Crippen LogP) is 3.19. The maximum Gasteiger partial charge on any atom is 0.200 e. The van der Waals surface area contributed by atoms with Crippen LogP contribution in [-0.4, -0.2) is 18.7 Å². The van der Waals surface area contributed by atoms with Gasteiger partial charge in [-0.3, -0.25) is 4.79 Å². The van der Waals surface area contributed by atoms with Crippen molar-refractivity contribution < 1.29 is 14.3 Å². The average Bonchev–Trinajstić information content (AvgIpc) is 2.29. The fourth-order valence-electron chi connectivity index (χ4n) is 2.88. The minimum absolute atomic E-state index is 0.0646. The van der Waals surface area contributed by atoms with Crippen molar-refractivity contribution in [2.45, 2.75) is 59.2 Å². The van der Waals surface area contributed by atoms with E-state index in [4.69, 9.17) is 9.47 Å². The van der Waals surface area contributed by atoms with Crippen LogP contribution in [0.4, 0.5) is 0 Å². The van der Waals surface area contributed by atoms with Gasteiger partial charge in [0.2, 0.25) is 0 Å². The summed E-state index contributed by atoms with van der Waals surface area (Å²) in [6.07, 6.45) is 4.06. The topological polar surface area (TPSA) is 35.5 Å². The molecule has 0 saturated heterocycles. The van der Waals surface area contributed by atoms with E-state index >= 15 is 0 Å². The molecule has 1 aliphatic carbocycles. The molecule has 0 amide bonds. The zero-order chi connectivity index (χ0) is 12.5. The van der Waals surface area contributed by atoms with E-state index < -0.39 is 0 Å². The Kier molecular flexibility index (Phi) is 3.57. The summed E-state index contributed by atoms with van der Waals surface area (Å²) < 4.78 is 11.4. The van der Waals surface area contributed by atoms with E-state index in [2.05, 4.69) is 13.8 Å². The van der Waals surface area contributed by atoms with Crippen molar-refractivity contribution in [3.8, 4) is 0 Å². The second kappa shape index (κ2) is 4.81. The molecule has 0 spiro atoms. The Morgan fingerprint density at radius 1 is 1.41 bits per heavy atom. The lowest BCUT2D eigenvalue weighted by atomic mass is 9.70. The van der Waals surface area contributed by atoms with Gasteiger partial charge in [0, 0.05) is 36.9 Å². The molecule has 0 aromatic rings. The maximum absolute atomic E-state index is 12.1. The Labute approximate surface area is 103 Å². The maximum atomic E-state index is 12.1. The van der Waals surface area contributed by atoms with Gasteiger partial charge in [0.05, 0.1) is 0 Å². The number of ether oxygens (including phenoxy) is 2. The summed E-state index contributed by atoms with van der Waals surface area (Å²) in [4.78, 5) is 12.1. The lowest BCUT2D eigenvalue weighted by Crippen LogP contribution is -2.39. The minimum atomic E-state index is -0.172. The van der Waals surface area contributed by atoms with Gasteiger partial charge < -0.3 is 9.47 Å². The highest BCUT2D eigenvalue weighted by Gasteiger charge is 2.43. The molecule has 2 atom stereocenters. The van der Waals surface area contributed by atoms with Gasteiger partial charge in [0.25, 0.3) is 0 Å². The van der Waals surface area contributed by atoms with Crippen molar-refractivity contribution in [1.82, 2.24) is 0 Å². The van der Waals surface area contributed by atoms with Crippen LogP contribution in [0.3, 0.4) is 0 Å². The number of ketones is 1. The van der Waals surface area contributed by atoms with Crippen molar-refractivity contribution in [3.63, 3.8) is 0 Å². The Morgan fingerprint density at radius 2 is 2.18 bits per heavy atom. The highest BCUT2D eigenvalue weighted by atomic mass is 16.7. The van der Waals surface area contributed by atoms with Crippen molar-refractivity contribution in [2.75, 3.05) is 6.61 Å². The van der Waals surface area contributed by atoms with Crippen LogP contribution in [0.25, 0.3) is 0 Å². The van der Waals surface area contributed by atoms with E-state index in [0.717, 1.165) is 37.0 Å². The fourth-order valence-corrected chi connectivity index (χ4v) is 2.88. The van der Waals surface area contributed by atoms with Crippen LogP contribution in [0.1, 0.15) is 52.9 Å². The highest BCUT2D eigenvalue weighted by molar-refractivity contribution is 5.98. The van der Waals surface area contributed by atoms with Crippen LogP contribution >= 0.6 is 0 Å². The lowest BCUT2D eigenvalue weighted by molar-refractivity contribution is -0.151. The highest BCUT2D eigenvalue weighted by Crippen LogP contribution is 2.46. The second-order valence-electron chi connectivity index (χ2n) is 5.20. The molecule has 0 N–H and O–H groups in total. The molecule has 0 aromatic carbocycles. The zero-order valence-corrected chi connectivity index (χ0v) is 11.0. The lowest BCUT2D eigenvalue weighted by Gasteiger charge is -2.42. The molecule has 3 heteroatoms. The molecule has 17 heavy (non-hydrogen) atoms. The number of carbonyl (C=O) groups excluding carboxylic acids is 1. The number of hydrogen-bond donors (Lipinski definition) is 0. The smallest absolute Gasteiger partial charge is 0.200 e. The third kappa shape index (κ3) is 2.25. The molecule has 0 fully saturated rings. The Morgan fingerprint density at radius 3 is 2.82 bits per heavy atom. The molecule has 0 aromatic heterocycles. The molecule has 96 valence electrons. The van der Waals surface area contributed by atoms with E-state index in [1.165, 1.54) is 0 Å². The van der Waals surface area contributed by atoms with E-state index in [0.29, 0.717) is 13.0 Å². The van der Waals surface area contributed by atoms with Gasteiger partial charge in [-0.25, -0.2) is 0 Å². The Bertz CT molecular complexity index is 345. The van der Waals surface area contributed by atoms with E-state index in [9.17, 15) is 4.79 Å². The van der Waals surface area contributed by atoms with Gasteiger partial charge in [-0.1, -0.05) is 13.8 Å². The van der Waals surface area contributed by atoms with E-state index in [-0.39, 0.29) is 17.5 Å². The molecular weight excluding hydrogens is 216 g/mol.